The van der Waals surface area contributed by atoms with Gasteiger partial charge in [0, 0.05) is 32.9 Å². The van der Waals surface area contributed by atoms with Crippen molar-refractivity contribution in [1.29, 1.82) is 0 Å². The van der Waals surface area contributed by atoms with Crippen LogP contribution in [0.25, 0.3) is 0 Å². The number of aromatic nitrogens is 2. The third kappa shape index (κ3) is 2.44. The second kappa shape index (κ2) is 5.49. The molecule has 3 rings (SSSR count). The molecule has 2 saturated heterocycles. The van der Waals surface area contributed by atoms with Crippen molar-refractivity contribution in [1.82, 2.24) is 18.8 Å². The van der Waals surface area contributed by atoms with E-state index < -0.39 is 10.0 Å². The molecule has 0 N–H and O–H groups in total. The number of aryl methyl sites for hydroxylation is 1. The normalized spacial score (nSPS) is 26.2. The maximum absolute atomic E-state index is 12.6. The lowest BCUT2D eigenvalue weighted by Gasteiger charge is -2.35. The Morgan fingerprint density at radius 1 is 1.50 bits per heavy atom. The van der Waals surface area contributed by atoms with Crippen LogP contribution in [-0.2, 0) is 26.6 Å². The number of rotatable bonds is 4. The minimum absolute atomic E-state index is 0.00949. The number of amides is 1. The van der Waals surface area contributed by atoms with E-state index in [4.69, 9.17) is 4.74 Å². The molecule has 0 aliphatic carbocycles. The van der Waals surface area contributed by atoms with Crippen LogP contribution >= 0.6 is 0 Å². The molecule has 0 bridgehead atoms. The summed E-state index contributed by atoms with van der Waals surface area (Å²) < 4.78 is 33.6. The Morgan fingerprint density at radius 3 is 2.91 bits per heavy atom. The van der Waals surface area contributed by atoms with Gasteiger partial charge >= 0.3 is 0 Å². The van der Waals surface area contributed by atoms with E-state index in [2.05, 4.69) is 11.6 Å². The van der Waals surface area contributed by atoms with Crippen LogP contribution in [0, 0.1) is 0 Å². The van der Waals surface area contributed by atoms with Crippen molar-refractivity contribution >= 4 is 15.9 Å². The first-order valence-corrected chi connectivity index (χ1v) is 8.37. The van der Waals surface area contributed by atoms with Gasteiger partial charge < -0.3 is 14.2 Å². The lowest BCUT2D eigenvalue weighted by Crippen LogP contribution is -2.53. The minimum atomic E-state index is -3.67. The Labute approximate surface area is 129 Å². The first kappa shape index (κ1) is 15.2. The van der Waals surface area contributed by atoms with Crippen LogP contribution < -0.4 is 0 Å². The number of carbonyl (C=O) groups excluding carboxylic acids is 1. The van der Waals surface area contributed by atoms with E-state index >= 15 is 0 Å². The fourth-order valence-corrected chi connectivity index (χ4v) is 4.30. The van der Waals surface area contributed by atoms with Gasteiger partial charge in [0.15, 0.2) is 5.03 Å². The van der Waals surface area contributed by atoms with Crippen molar-refractivity contribution in [3.05, 3.63) is 25.2 Å². The van der Waals surface area contributed by atoms with Gasteiger partial charge in [0.25, 0.3) is 10.0 Å². The molecular weight excluding hydrogens is 308 g/mol. The van der Waals surface area contributed by atoms with Gasteiger partial charge in [-0.2, -0.15) is 4.31 Å². The summed E-state index contributed by atoms with van der Waals surface area (Å²) in [5.41, 5.74) is 0. The molecule has 0 spiro atoms. The number of hydrogen-bond donors (Lipinski definition) is 0. The van der Waals surface area contributed by atoms with Gasteiger partial charge in [-0.3, -0.25) is 4.79 Å². The van der Waals surface area contributed by atoms with Gasteiger partial charge in [-0.15, -0.1) is 6.58 Å². The van der Waals surface area contributed by atoms with Crippen molar-refractivity contribution < 1.29 is 17.9 Å². The van der Waals surface area contributed by atoms with Crippen LogP contribution in [0.3, 0.4) is 0 Å². The number of sulfonamides is 1. The largest absolute Gasteiger partial charge is 0.365 e. The standard InChI is InChI=1S/C13H18N4O4S/c1-3-4-17-10-5-16(6-11(10)21-8-13(17)18)22(19,20)12-7-15(2)9-14-12/h3,7,9-11H,1,4-6,8H2,2H3/t10-,11-/m1/s1. The third-order valence-electron chi connectivity index (χ3n) is 3.96. The van der Waals surface area contributed by atoms with Crippen LogP contribution in [0.4, 0.5) is 0 Å². The summed E-state index contributed by atoms with van der Waals surface area (Å²) in [7, 11) is -1.96. The molecule has 0 unspecified atom stereocenters. The summed E-state index contributed by atoms with van der Waals surface area (Å²) in [5.74, 6) is -0.141. The average Bonchev–Trinajstić information content (AvgIpc) is 3.09. The molecule has 9 heteroatoms. The summed E-state index contributed by atoms with van der Waals surface area (Å²) in [4.78, 5) is 17.5. The Kier molecular flexibility index (Phi) is 3.79. The van der Waals surface area contributed by atoms with Gasteiger partial charge in [-0.25, -0.2) is 13.4 Å². The maximum Gasteiger partial charge on any atom is 0.262 e. The predicted octanol–water partition coefficient (Wildman–Crippen LogP) is -0.794. The number of hydrogen-bond acceptors (Lipinski definition) is 5. The summed E-state index contributed by atoms with van der Waals surface area (Å²) in [6.45, 7) is 4.45. The summed E-state index contributed by atoms with van der Waals surface area (Å²) >= 11 is 0. The van der Waals surface area contributed by atoms with E-state index in [1.54, 1.807) is 22.6 Å². The zero-order valence-electron chi connectivity index (χ0n) is 12.3. The Bertz CT molecular complexity index is 699. The Morgan fingerprint density at radius 2 is 2.27 bits per heavy atom. The highest BCUT2D eigenvalue weighted by Crippen LogP contribution is 2.27. The molecule has 1 amide bonds. The maximum atomic E-state index is 12.6. The number of fused-ring (bicyclic) bond motifs is 1. The number of morpholine rings is 1. The second-order valence-corrected chi connectivity index (χ2v) is 7.34. The average molecular weight is 326 g/mol. The molecule has 2 atom stereocenters. The van der Waals surface area contributed by atoms with Crippen molar-refractivity contribution in [2.75, 3.05) is 26.2 Å². The minimum Gasteiger partial charge on any atom is -0.365 e. The first-order chi connectivity index (χ1) is 10.4. The van der Waals surface area contributed by atoms with Crippen LogP contribution in [0.1, 0.15) is 0 Å². The van der Waals surface area contributed by atoms with Gasteiger partial charge in [0.05, 0.1) is 18.5 Å². The van der Waals surface area contributed by atoms with Crippen LogP contribution in [0.15, 0.2) is 30.2 Å². The first-order valence-electron chi connectivity index (χ1n) is 6.93. The van der Waals surface area contributed by atoms with Crippen LogP contribution in [0.2, 0.25) is 0 Å². The smallest absolute Gasteiger partial charge is 0.262 e. The van der Waals surface area contributed by atoms with E-state index in [9.17, 15) is 13.2 Å². The predicted molar refractivity (Wildman–Crippen MR) is 77.4 cm³/mol. The van der Waals surface area contributed by atoms with Crippen molar-refractivity contribution in [2.24, 2.45) is 7.05 Å². The Hall–Kier alpha value is -1.71. The molecule has 3 heterocycles. The van der Waals surface area contributed by atoms with E-state index in [1.165, 1.54) is 16.8 Å². The molecule has 1 aromatic heterocycles. The van der Waals surface area contributed by atoms with Crippen LogP contribution in [0.5, 0.6) is 0 Å². The molecule has 2 fully saturated rings. The second-order valence-electron chi connectivity index (χ2n) is 5.45. The van der Waals surface area contributed by atoms with E-state index in [-0.39, 0.29) is 42.8 Å². The van der Waals surface area contributed by atoms with Gasteiger partial charge in [-0.1, -0.05) is 6.08 Å². The molecule has 120 valence electrons. The summed E-state index contributed by atoms with van der Waals surface area (Å²) in [6.07, 6.45) is 4.23. The van der Waals surface area contributed by atoms with Crippen molar-refractivity contribution in [3.63, 3.8) is 0 Å². The monoisotopic (exact) mass is 326 g/mol. The lowest BCUT2D eigenvalue weighted by molar-refractivity contribution is -0.151. The zero-order valence-corrected chi connectivity index (χ0v) is 13.1. The fourth-order valence-electron chi connectivity index (χ4n) is 2.86. The fraction of sp³-hybridized carbons (Fsp3) is 0.538. The quantitative estimate of drug-likeness (QED) is 0.677. The highest BCUT2D eigenvalue weighted by molar-refractivity contribution is 7.89. The lowest BCUT2D eigenvalue weighted by atomic mass is 10.1. The van der Waals surface area contributed by atoms with Crippen LogP contribution in [-0.4, -0.2) is 71.5 Å². The van der Waals surface area contributed by atoms with E-state index in [0.717, 1.165) is 0 Å². The highest BCUT2D eigenvalue weighted by Gasteiger charge is 2.46. The summed E-state index contributed by atoms with van der Waals surface area (Å²) in [6, 6.07) is -0.280. The number of imidazole rings is 1. The molecule has 0 saturated carbocycles. The van der Waals surface area contributed by atoms with E-state index in [1.807, 2.05) is 0 Å². The zero-order chi connectivity index (χ0) is 15.9. The topological polar surface area (TPSA) is 84.7 Å². The SMILES string of the molecule is C=CCN1C(=O)CO[C@@H]2CN(S(=O)(=O)c3cn(C)cn3)C[C@H]21. The summed E-state index contributed by atoms with van der Waals surface area (Å²) in [5, 5.41) is 0.00949. The molecule has 1 aromatic rings. The van der Waals surface area contributed by atoms with Gasteiger partial charge in [-0.05, 0) is 0 Å². The third-order valence-corrected chi connectivity index (χ3v) is 5.67. The van der Waals surface area contributed by atoms with E-state index in [0.29, 0.717) is 6.54 Å². The molecule has 22 heavy (non-hydrogen) atoms. The Balaban J connectivity index is 1.84. The molecule has 2 aliphatic rings. The highest BCUT2D eigenvalue weighted by atomic mass is 32.2. The molecule has 0 radical (unpaired) electrons. The van der Waals surface area contributed by atoms with Crippen molar-refractivity contribution in [3.8, 4) is 0 Å². The van der Waals surface area contributed by atoms with Gasteiger partial charge in [0.1, 0.15) is 6.61 Å². The number of carbonyl (C=O) groups is 1. The number of nitrogens with zero attached hydrogens (tertiary/aromatic N) is 4. The molecule has 0 aromatic carbocycles. The van der Waals surface area contributed by atoms with Crippen molar-refractivity contribution in [2.45, 2.75) is 17.2 Å². The molecule has 2 aliphatic heterocycles. The number of ether oxygens (including phenoxy) is 1. The molecule has 8 nitrogen and oxygen atoms in total. The van der Waals surface area contributed by atoms with Gasteiger partial charge in [0.2, 0.25) is 5.91 Å². The molecular formula is C13H18N4O4S.